The molecule has 0 saturated carbocycles. The van der Waals surface area contributed by atoms with E-state index in [0.717, 1.165) is 18.4 Å². The summed E-state index contributed by atoms with van der Waals surface area (Å²) in [5.41, 5.74) is 6.32. The standard InChI is InChI=1S/C28H43BrN6O7/c1-18(2)25(35-23(37)9-5-4-6-14-31-24(38)16-29)27(40)34-22(8-7-15-32-28(30)41)26(39)33-21-12-10-20(11-13-21)17-42-19(3)36/h10-13,18,22,25H,4-9,14-17H2,1-3H3,(H,31,38)(H,33,39)(H,34,40)(H,35,37)(H3,30,32,41)/t22-,25-/m1/s1. The van der Waals surface area contributed by atoms with E-state index in [4.69, 9.17) is 10.5 Å². The highest BCUT2D eigenvalue weighted by Crippen LogP contribution is 2.13. The fourth-order valence-corrected chi connectivity index (χ4v) is 3.99. The lowest BCUT2D eigenvalue weighted by atomic mass is 10.0. The van der Waals surface area contributed by atoms with E-state index in [9.17, 15) is 28.8 Å². The van der Waals surface area contributed by atoms with Gasteiger partial charge >= 0.3 is 12.0 Å². The Labute approximate surface area is 254 Å². The third kappa shape index (κ3) is 15.9. The number of primary amides is 1. The van der Waals surface area contributed by atoms with Gasteiger partial charge in [-0.3, -0.25) is 24.0 Å². The van der Waals surface area contributed by atoms with Crippen molar-refractivity contribution in [3.05, 3.63) is 29.8 Å². The number of esters is 1. The number of hydrogen-bond acceptors (Lipinski definition) is 7. The number of unbranched alkanes of at least 4 members (excludes halogenated alkanes) is 2. The highest BCUT2D eigenvalue weighted by atomic mass is 79.9. The Morgan fingerprint density at radius 1 is 0.857 bits per heavy atom. The topological polar surface area (TPSA) is 198 Å². The predicted octanol–water partition coefficient (Wildman–Crippen LogP) is 1.83. The van der Waals surface area contributed by atoms with Gasteiger partial charge in [0, 0.05) is 32.1 Å². The number of rotatable bonds is 19. The third-order valence-corrected chi connectivity index (χ3v) is 6.56. The number of carbonyl (C=O) groups excluding carboxylic acids is 6. The van der Waals surface area contributed by atoms with E-state index in [-0.39, 0.29) is 49.1 Å². The van der Waals surface area contributed by atoms with Crippen LogP contribution in [0.3, 0.4) is 0 Å². The highest BCUT2D eigenvalue weighted by Gasteiger charge is 2.28. The van der Waals surface area contributed by atoms with Crippen molar-refractivity contribution in [3.8, 4) is 0 Å². The lowest BCUT2D eigenvalue weighted by molar-refractivity contribution is -0.142. The Bertz CT molecular complexity index is 1050. The second-order valence-corrected chi connectivity index (χ2v) is 10.6. The third-order valence-electron chi connectivity index (χ3n) is 6.06. The maximum atomic E-state index is 13.2. The Morgan fingerprint density at radius 3 is 2.12 bits per heavy atom. The largest absolute Gasteiger partial charge is 0.461 e. The van der Waals surface area contributed by atoms with E-state index >= 15 is 0 Å². The molecule has 0 aromatic heterocycles. The summed E-state index contributed by atoms with van der Waals surface area (Å²) in [7, 11) is 0. The molecule has 2 atom stereocenters. The van der Waals surface area contributed by atoms with Crippen molar-refractivity contribution >= 4 is 57.2 Å². The van der Waals surface area contributed by atoms with Crippen LogP contribution >= 0.6 is 15.9 Å². The van der Waals surface area contributed by atoms with Crippen LogP contribution in [0, 0.1) is 5.92 Å². The molecule has 0 fully saturated rings. The molecule has 0 unspecified atom stereocenters. The zero-order chi connectivity index (χ0) is 31.5. The molecule has 0 heterocycles. The van der Waals surface area contributed by atoms with Crippen LogP contribution < -0.4 is 32.3 Å². The molecule has 14 heteroatoms. The molecule has 0 bridgehead atoms. The van der Waals surface area contributed by atoms with Gasteiger partial charge in [0.05, 0.1) is 5.33 Å². The zero-order valence-electron chi connectivity index (χ0n) is 24.4. The van der Waals surface area contributed by atoms with Crippen LogP contribution in [0.1, 0.15) is 64.9 Å². The first kappa shape index (κ1) is 36.3. The van der Waals surface area contributed by atoms with E-state index < -0.39 is 35.9 Å². The van der Waals surface area contributed by atoms with Crippen molar-refractivity contribution in [1.29, 1.82) is 0 Å². The molecule has 1 aromatic carbocycles. The van der Waals surface area contributed by atoms with Crippen molar-refractivity contribution in [2.24, 2.45) is 11.7 Å². The number of amides is 6. The first-order chi connectivity index (χ1) is 19.9. The van der Waals surface area contributed by atoms with Gasteiger partial charge in [-0.05, 0) is 49.3 Å². The molecule has 0 aliphatic heterocycles. The Hall–Kier alpha value is -3.68. The fraction of sp³-hybridized carbons (Fsp3) is 0.571. The van der Waals surface area contributed by atoms with Crippen LogP contribution in [0.25, 0.3) is 0 Å². The van der Waals surface area contributed by atoms with Gasteiger partial charge < -0.3 is 37.1 Å². The summed E-state index contributed by atoms with van der Waals surface area (Å²) in [4.78, 5) is 72.2. The van der Waals surface area contributed by atoms with Gasteiger partial charge in [0.1, 0.15) is 18.7 Å². The summed E-state index contributed by atoms with van der Waals surface area (Å²) in [6.45, 7) is 5.74. The van der Waals surface area contributed by atoms with E-state index in [2.05, 4.69) is 42.5 Å². The minimum absolute atomic E-state index is 0.0937. The summed E-state index contributed by atoms with van der Waals surface area (Å²) in [6, 6.07) is 4.18. The first-order valence-electron chi connectivity index (χ1n) is 13.9. The molecule has 6 amide bonds. The summed E-state index contributed by atoms with van der Waals surface area (Å²) in [5, 5.41) is 13.7. The number of carbonyl (C=O) groups is 6. The van der Waals surface area contributed by atoms with Crippen LogP contribution in [0.5, 0.6) is 0 Å². The fourth-order valence-electron chi connectivity index (χ4n) is 3.79. The number of ether oxygens (including phenoxy) is 1. The van der Waals surface area contributed by atoms with Crippen molar-refractivity contribution in [2.75, 3.05) is 23.7 Å². The summed E-state index contributed by atoms with van der Waals surface area (Å²) in [6.07, 6.45) is 2.85. The van der Waals surface area contributed by atoms with Crippen molar-refractivity contribution in [1.82, 2.24) is 21.3 Å². The molecule has 0 saturated heterocycles. The van der Waals surface area contributed by atoms with Crippen molar-refractivity contribution < 1.29 is 33.5 Å². The predicted molar refractivity (Wildman–Crippen MR) is 161 cm³/mol. The van der Waals surface area contributed by atoms with Gasteiger partial charge in [-0.1, -0.05) is 48.3 Å². The second kappa shape index (κ2) is 20.2. The molecule has 234 valence electrons. The van der Waals surface area contributed by atoms with Crippen LogP contribution in [0.15, 0.2) is 24.3 Å². The van der Waals surface area contributed by atoms with Crippen LogP contribution in [0.4, 0.5) is 10.5 Å². The van der Waals surface area contributed by atoms with Gasteiger partial charge in [0.15, 0.2) is 0 Å². The minimum atomic E-state index is -0.958. The second-order valence-electron chi connectivity index (χ2n) is 10.0. The molecule has 42 heavy (non-hydrogen) atoms. The molecule has 0 radical (unpaired) electrons. The molecule has 13 nitrogen and oxygen atoms in total. The summed E-state index contributed by atoms with van der Waals surface area (Å²) in [5.74, 6) is -2.01. The van der Waals surface area contributed by atoms with Crippen LogP contribution in [-0.2, 0) is 35.3 Å². The number of alkyl halides is 1. The lowest BCUT2D eigenvalue weighted by Crippen LogP contribution is -2.54. The highest BCUT2D eigenvalue weighted by molar-refractivity contribution is 9.09. The van der Waals surface area contributed by atoms with Crippen LogP contribution in [-0.4, -0.2) is 66.1 Å². The van der Waals surface area contributed by atoms with E-state index in [1.807, 2.05) is 0 Å². The number of benzene rings is 1. The number of nitrogens with one attached hydrogen (secondary N) is 5. The number of hydrogen-bond donors (Lipinski definition) is 6. The quantitative estimate of drug-likeness (QED) is 0.0742. The molecular formula is C28H43BrN6O7. The van der Waals surface area contributed by atoms with Crippen molar-refractivity contribution in [3.63, 3.8) is 0 Å². The van der Waals surface area contributed by atoms with Gasteiger partial charge in [-0.2, -0.15) is 0 Å². The molecule has 7 N–H and O–H groups in total. The average Bonchev–Trinajstić information content (AvgIpc) is 2.94. The maximum absolute atomic E-state index is 13.2. The van der Waals surface area contributed by atoms with Crippen LogP contribution in [0.2, 0.25) is 0 Å². The number of urea groups is 1. The Morgan fingerprint density at radius 2 is 1.52 bits per heavy atom. The van der Waals surface area contributed by atoms with Gasteiger partial charge in [-0.15, -0.1) is 0 Å². The van der Waals surface area contributed by atoms with Crippen molar-refractivity contribution in [2.45, 2.75) is 78.0 Å². The van der Waals surface area contributed by atoms with Gasteiger partial charge in [0.2, 0.25) is 23.6 Å². The smallest absolute Gasteiger partial charge is 0.312 e. The van der Waals surface area contributed by atoms with Gasteiger partial charge in [0.25, 0.3) is 0 Å². The Kier molecular flexibility index (Phi) is 17.5. The first-order valence-corrected chi connectivity index (χ1v) is 15.0. The van der Waals surface area contributed by atoms with Gasteiger partial charge in [-0.25, -0.2) is 4.79 Å². The van der Waals surface area contributed by atoms with E-state index in [1.165, 1.54) is 6.92 Å². The summed E-state index contributed by atoms with van der Waals surface area (Å²) >= 11 is 3.08. The Balaban J connectivity index is 2.77. The molecule has 0 spiro atoms. The number of anilines is 1. The normalized spacial score (nSPS) is 12.0. The monoisotopic (exact) mass is 654 g/mol. The molecule has 0 aliphatic carbocycles. The number of halogens is 1. The SMILES string of the molecule is CC(=O)OCc1ccc(NC(=O)[C@@H](CCCNC(N)=O)NC(=O)[C@H](NC(=O)CCCCCNC(=O)CBr)C(C)C)cc1. The average molecular weight is 656 g/mol. The maximum Gasteiger partial charge on any atom is 0.312 e. The zero-order valence-corrected chi connectivity index (χ0v) is 26.0. The lowest BCUT2D eigenvalue weighted by Gasteiger charge is -2.25. The number of nitrogens with two attached hydrogens (primary N) is 1. The minimum Gasteiger partial charge on any atom is -0.461 e. The molecule has 0 aliphatic rings. The molecule has 1 aromatic rings. The summed E-state index contributed by atoms with van der Waals surface area (Å²) < 4.78 is 4.96. The molecule has 1 rings (SSSR count). The van der Waals surface area contributed by atoms with E-state index in [1.54, 1.807) is 38.1 Å². The van der Waals surface area contributed by atoms with E-state index in [0.29, 0.717) is 25.1 Å². The molecular weight excluding hydrogens is 612 g/mol.